The molecule has 1 N–H and O–H groups in total. The summed E-state index contributed by atoms with van der Waals surface area (Å²) in [6.45, 7) is 11.8. The summed E-state index contributed by atoms with van der Waals surface area (Å²) in [6, 6.07) is 0. The molecule has 0 radical (unpaired) electrons. The maximum absolute atomic E-state index is 9.15. The number of hydrogen-bond acceptors (Lipinski definition) is 1. The van der Waals surface area contributed by atoms with Gasteiger partial charge in [0.15, 0.2) is 0 Å². The number of allylic oxidation sites excluding steroid dienone is 3. The van der Waals surface area contributed by atoms with Crippen molar-refractivity contribution in [2.45, 2.75) is 92.9 Å². The molecule has 1 nitrogen and oxygen atoms in total. The quantitative estimate of drug-likeness (QED) is 0.264. The fourth-order valence-corrected chi connectivity index (χ4v) is 21.4. The summed E-state index contributed by atoms with van der Waals surface area (Å²) in [5.74, 6) is 0. The minimum absolute atomic E-state index is 0.274. The van der Waals surface area contributed by atoms with Crippen molar-refractivity contribution in [3.63, 3.8) is 0 Å². The van der Waals surface area contributed by atoms with E-state index in [4.69, 9.17) is 5.11 Å². The van der Waals surface area contributed by atoms with Gasteiger partial charge in [-0.25, -0.2) is 0 Å². The van der Waals surface area contributed by atoms with Crippen LogP contribution in [0.5, 0.6) is 0 Å². The molecule has 0 amide bonds. The van der Waals surface area contributed by atoms with Crippen molar-refractivity contribution in [1.82, 2.24) is 0 Å². The van der Waals surface area contributed by atoms with Crippen LogP contribution in [-0.4, -0.2) is 30.1 Å². The molecule has 0 heterocycles. The van der Waals surface area contributed by atoms with Gasteiger partial charge in [0.25, 0.3) is 0 Å². The molecule has 0 aromatic rings. The van der Waals surface area contributed by atoms with E-state index >= 15 is 0 Å². The van der Waals surface area contributed by atoms with E-state index in [1.165, 1.54) is 57.4 Å². The first-order chi connectivity index (χ1) is 10.6. The van der Waals surface area contributed by atoms with Gasteiger partial charge in [-0.05, 0) is 0 Å². The summed E-state index contributed by atoms with van der Waals surface area (Å²) in [6.07, 6.45) is 13.7. The Kier molecular flexibility index (Phi) is 13.8. The van der Waals surface area contributed by atoms with Crippen molar-refractivity contribution in [1.29, 1.82) is 0 Å². The second-order valence-corrected chi connectivity index (χ2v) is 19.8. The topological polar surface area (TPSA) is 20.2 Å². The van der Waals surface area contributed by atoms with E-state index in [1.807, 2.05) is 0 Å². The van der Waals surface area contributed by atoms with Crippen molar-refractivity contribution in [2.24, 2.45) is 0 Å². The van der Waals surface area contributed by atoms with Gasteiger partial charge in [-0.1, -0.05) is 0 Å². The molecular formula is C20H40OSn. The predicted molar refractivity (Wildman–Crippen MR) is 104 cm³/mol. The Hall–Kier alpha value is 0.239. The number of aliphatic hydroxyl groups is 1. The molecule has 0 rings (SSSR count). The number of aliphatic hydroxyl groups excluding tert-OH is 1. The van der Waals surface area contributed by atoms with Crippen LogP contribution in [-0.2, 0) is 0 Å². The molecule has 22 heavy (non-hydrogen) atoms. The Morgan fingerprint density at radius 2 is 1.36 bits per heavy atom. The van der Waals surface area contributed by atoms with Gasteiger partial charge in [-0.3, -0.25) is 0 Å². The molecule has 130 valence electrons. The van der Waals surface area contributed by atoms with E-state index in [-0.39, 0.29) is 6.61 Å². The van der Waals surface area contributed by atoms with Crippen molar-refractivity contribution in [3.8, 4) is 0 Å². The zero-order chi connectivity index (χ0) is 16.8. The predicted octanol–water partition coefficient (Wildman–Crippen LogP) is 6.65. The fraction of sp³-hybridized carbons (Fsp3) is 0.800. The monoisotopic (exact) mass is 416 g/mol. The number of unbranched alkanes of at least 4 members (excludes halogenated alkanes) is 3. The van der Waals surface area contributed by atoms with Crippen molar-refractivity contribution in [3.05, 3.63) is 21.3 Å². The summed E-state index contributed by atoms with van der Waals surface area (Å²) in [5.41, 5.74) is 1.48. The van der Waals surface area contributed by atoms with Gasteiger partial charge in [-0.15, -0.1) is 0 Å². The SMILES string of the molecule is C/C=[C](\C(C)=C\CCO)[Sn]([CH2]CCC)([CH2]CCC)[CH2]CCC. The van der Waals surface area contributed by atoms with Gasteiger partial charge in [0.1, 0.15) is 0 Å². The van der Waals surface area contributed by atoms with Gasteiger partial charge in [0.05, 0.1) is 0 Å². The minimum atomic E-state index is -2.28. The van der Waals surface area contributed by atoms with Gasteiger partial charge >= 0.3 is 144 Å². The van der Waals surface area contributed by atoms with Crippen LogP contribution in [0.3, 0.4) is 0 Å². The van der Waals surface area contributed by atoms with Crippen molar-refractivity contribution < 1.29 is 5.11 Å². The van der Waals surface area contributed by atoms with Crippen LogP contribution in [0.15, 0.2) is 21.3 Å². The second kappa shape index (κ2) is 13.7. The third-order valence-electron chi connectivity index (χ3n) is 4.89. The molecule has 2 heteroatoms. The molecule has 0 bridgehead atoms. The second-order valence-electron chi connectivity index (χ2n) is 6.69. The van der Waals surface area contributed by atoms with E-state index in [9.17, 15) is 0 Å². The van der Waals surface area contributed by atoms with Crippen LogP contribution in [0.25, 0.3) is 0 Å². The molecule has 0 unspecified atom stereocenters. The molecule has 0 aliphatic carbocycles. The fourth-order valence-electron chi connectivity index (χ4n) is 3.67. The van der Waals surface area contributed by atoms with Crippen LogP contribution < -0.4 is 0 Å². The summed E-state index contributed by atoms with van der Waals surface area (Å²) >= 11 is -2.28. The van der Waals surface area contributed by atoms with E-state index < -0.39 is 18.4 Å². The van der Waals surface area contributed by atoms with Crippen molar-refractivity contribution in [2.75, 3.05) is 6.61 Å². The number of hydrogen-bond donors (Lipinski definition) is 1. The van der Waals surface area contributed by atoms with Crippen LogP contribution in [0.4, 0.5) is 0 Å². The third kappa shape index (κ3) is 7.68. The summed E-state index contributed by atoms with van der Waals surface area (Å²) in [5, 5.41) is 9.15. The Labute approximate surface area is 144 Å². The Bertz CT molecular complexity index is 309. The summed E-state index contributed by atoms with van der Waals surface area (Å²) in [7, 11) is 0. The molecule has 0 aliphatic rings. The molecule has 0 aromatic carbocycles. The summed E-state index contributed by atoms with van der Waals surface area (Å²) in [4.78, 5) is 0. The standard InChI is InChI=1S/C8H13O.3C4H9.Sn/c1-3-5-8(2)6-4-7-9;3*1-3-4-2;/h3,6,9H,4,7H2,1-2H3;3*1,3-4H2,2H3;/b5-3?,8-6+;;;;. The van der Waals surface area contributed by atoms with Crippen LogP contribution in [0.2, 0.25) is 13.3 Å². The van der Waals surface area contributed by atoms with Gasteiger partial charge < -0.3 is 0 Å². The van der Waals surface area contributed by atoms with Crippen LogP contribution in [0.1, 0.15) is 79.6 Å². The van der Waals surface area contributed by atoms with E-state index in [1.54, 1.807) is 3.59 Å². The van der Waals surface area contributed by atoms with E-state index in [0.717, 1.165) is 6.42 Å². The molecule has 0 aromatic heterocycles. The molecule has 0 fully saturated rings. The average molecular weight is 415 g/mol. The zero-order valence-corrected chi connectivity index (χ0v) is 18.7. The maximum atomic E-state index is 9.15. The average Bonchev–Trinajstić information content (AvgIpc) is 2.54. The summed E-state index contributed by atoms with van der Waals surface area (Å²) < 4.78 is 6.33. The van der Waals surface area contributed by atoms with Gasteiger partial charge in [0, 0.05) is 0 Å². The van der Waals surface area contributed by atoms with E-state index in [0.29, 0.717) is 0 Å². The zero-order valence-electron chi connectivity index (χ0n) is 15.9. The molecule has 0 saturated carbocycles. The Morgan fingerprint density at radius 1 is 0.909 bits per heavy atom. The van der Waals surface area contributed by atoms with Crippen molar-refractivity contribution >= 4 is 18.4 Å². The van der Waals surface area contributed by atoms with Crippen LogP contribution >= 0.6 is 0 Å². The Morgan fingerprint density at radius 3 is 1.68 bits per heavy atom. The first kappa shape index (κ1) is 22.2. The van der Waals surface area contributed by atoms with Crippen LogP contribution in [0, 0.1) is 0 Å². The molecule has 0 saturated heterocycles. The Balaban J connectivity index is 5.50. The molecule has 0 spiro atoms. The molecule has 0 aliphatic heterocycles. The normalized spacial score (nSPS) is 13.7. The van der Waals surface area contributed by atoms with Gasteiger partial charge in [0.2, 0.25) is 0 Å². The number of rotatable bonds is 13. The first-order valence-electron chi connectivity index (χ1n) is 9.56. The molecule has 0 atom stereocenters. The van der Waals surface area contributed by atoms with E-state index in [2.05, 4.69) is 46.8 Å². The van der Waals surface area contributed by atoms with Gasteiger partial charge in [-0.2, -0.15) is 0 Å². The first-order valence-corrected chi connectivity index (χ1v) is 17.0. The molecular weight excluding hydrogens is 375 g/mol. The third-order valence-corrected chi connectivity index (χ3v) is 21.3.